The van der Waals surface area contributed by atoms with Crippen molar-refractivity contribution in [3.63, 3.8) is 0 Å². The molecule has 3 atom stereocenters. The van der Waals surface area contributed by atoms with E-state index in [0.717, 1.165) is 18.8 Å². The second kappa shape index (κ2) is 5.90. The zero-order valence-corrected chi connectivity index (χ0v) is 12.7. The number of Topliss-reactive ketones (excluding diaryl/α,β-unsaturated/α-hetero) is 1. The Bertz CT molecular complexity index is 461. The zero-order chi connectivity index (χ0) is 14.0. The van der Waals surface area contributed by atoms with Crippen molar-refractivity contribution in [3.05, 3.63) is 34.9 Å². The summed E-state index contributed by atoms with van der Waals surface area (Å²) in [5.74, 6) is 2.23. The van der Waals surface area contributed by atoms with E-state index in [2.05, 4.69) is 45.9 Å². The monoisotopic (exact) mass is 258 g/mol. The van der Waals surface area contributed by atoms with Crippen LogP contribution in [-0.2, 0) is 11.2 Å². The van der Waals surface area contributed by atoms with E-state index in [0.29, 0.717) is 24.0 Å². The van der Waals surface area contributed by atoms with Gasteiger partial charge in [-0.2, -0.15) is 0 Å². The number of hydrogen-bond acceptors (Lipinski definition) is 1. The van der Waals surface area contributed by atoms with Crippen LogP contribution < -0.4 is 0 Å². The molecular weight excluding hydrogens is 232 g/mol. The molecule has 1 aliphatic carbocycles. The molecular formula is C18H26O. The first-order valence-electron chi connectivity index (χ1n) is 7.56. The molecule has 2 rings (SSSR count). The molecule has 0 N–H and O–H groups in total. The van der Waals surface area contributed by atoms with E-state index in [-0.39, 0.29) is 0 Å². The van der Waals surface area contributed by atoms with Crippen LogP contribution in [-0.4, -0.2) is 5.78 Å². The SMILES string of the molecule is Cc1ccc(C)c(CC(=O)C2CCC(C)C(C)C2)c1. The number of benzene rings is 1. The Labute approximate surface area is 117 Å². The summed E-state index contributed by atoms with van der Waals surface area (Å²) in [6.45, 7) is 8.81. The summed E-state index contributed by atoms with van der Waals surface area (Å²) in [7, 11) is 0. The Morgan fingerprint density at radius 1 is 1.16 bits per heavy atom. The van der Waals surface area contributed by atoms with E-state index in [1.54, 1.807) is 0 Å². The van der Waals surface area contributed by atoms with E-state index < -0.39 is 0 Å². The van der Waals surface area contributed by atoms with Crippen LogP contribution >= 0.6 is 0 Å². The molecule has 1 aromatic rings. The minimum Gasteiger partial charge on any atom is -0.299 e. The molecule has 0 amide bonds. The normalized spacial score (nSPS) is 27.3. The minimum atomic E-state index is 0.297. The van der Waals surface area contributed by atoms with Crippen molar-refractivity contribution in [1.82, 2.24) is 0 Å². The Morgan fingerprint density at radius 3 is 2.58 bits per heavy atom. The Hall–Kier alpha value is -1.11. The standard InChI is InChI=1S/C18H26O/c1-12-5-6-14(3)17(9-12)11-18(19)16-8-7-13(2)15(4)10-16/h5-6,9,13,15-16H,7-8,10-11H2,1-4H3. The fraction of sp³-hybridized carbons (Fsp3) is 0.611. The number of hydrogen-bond donors (Lipinski definition) is 0. The molecule has 0 radical (unpaired) electrons. The van der Waals surface area contributed by atoms with Gasteiger partial charge in [0.1, 0.15) is 5.78 Å². The average molecular weight is 258 g/mol. The maximum Gasteiger partial charge on any atom is 0.140 e. The molecule has 19 heavy (non-hydrogen) atoms. The Balaban J connectivity index is 2.03. The summed E-state index contributed by atoms with van der Waals surface area (Å²) >= 11 is 0. The van der Waals surface area contributed by atoms with Gasteiger partial charge in [-0.1, -0.05) is 37.6 Å². The highest BCUT2D eigenvalue weighted by Gasteiger charge is 2.29. The number of carbonyl (C=O) groups excluding carboxylic acids is 1. The van der Waals surface area contributed by atoms with Gasteiger partial charge in [0.25, 0.3) is 0 Å². The molecule has 1 fully saturated rings. The van der Waals surface area contributed by atoms with Crippen LogP contribution in [0, 0.1) is 31.6 Å². The van der Waals surface area contributed by atoms with Crippen LogP contribution in [0.2, 0.25) is 0 Å². The first-order valence-corrected chi connectivity index (χ1v) is 7.56. The predicted molar refractivity (Wildman–Crippen MR) is 80.3 cm³/mol. The Morgan fingerprint density at radius 2 is 1.89 bits per heavy atom. The predicted octanol–water partition coefficient (Wildman–Crippen LogP) is 4.49. The molecule has 0 spiro atoms. The number of carbonyl (C=O) groups is 1. The van der Waals surface area contributed by atoms with E-state index in [1.807, 2.05) is 0 Å². The van der Waals surface area contributed by atoms with Crippen LogP contribution in [0.5, 0.6) is 0 Å². The lowest BCUT2D eigenvalue weighted by Crippen LogP contribution is -2.27. The largest absolute Gasteiger partial charge is 0.299 e. The molecule has 0 bridgehead atoms. The third-order valence-electron chi connectivity index (χ3n) is 4.92. The van der Waals surface area contributed by atoms with Crippen LogP contribution in [0.15, 0.2) is 18.2 Å². The van der Waals surface area contributed by atoms with Gasteiger partial charge >= 0.3 is 0 Å². The highest BCUT2D eigenvalue weighted by molar-refractivity contribution is 5.83. The fourth-order valence-corrected chi connectivity index (χ4v) is 3.16. The van der Waals surface area contributed by atoms with Crippen molar-refractivity contribution in [2.45, 2.75) is 53.4 Å². The molecule has 0 aromatic heterocycles. The highest BCUT2D eigenvalue weighted by Crippen LogP contribution is 2.34. The third-order valence-corrected chi connectivity index (χ3v) is 4.92. The van der Waals surface area contributed by atoms with Gasteiger partial charge in [-0.25, -0.2) is 0 Å². The van der Waals surface area contributed by atoms with Crippen molar-refractivity contribution in [1.29, 1.82) is 0 Å². The highest BCUT2D eigenvalue weighted by atomic mass is 16.1. The fourth-order valence-electron chi connectivity index (χ4n) is 3.16. The van der Waals surface area contributed by atoms with Crippen LogP contribution in [0.25, 0.3) is 0 Å². The quantitative estimate of drug-likeness (QED) is 0.781. The summed E-state index contributed by atoms with van der Waals surface area (Å²) in [6.07, 6.45) is 4.02. The number of ketones is 1. The zero-order valence-electron chi connectivity index (χ0n) is 12.7. The maximum absolute atomic E-state index is 12.5. The van der Waals surface area contributed by atoms with Crippen molar-refractivity contribution < 1.29 is 4.79 Å². The van der Waals surface area contributed by atoms with Gasteiger partial charge in [-0.15, -0.1) is 0 Å². The van der Waals surface area contributed by atoms with Gasteiger partial charge in [-0.05, 0) is 56.1 Å². The van der Waals surface area contributed by atoms with Gasteiger partial charge in [0, 0.05) is 12.3 Å². The van der Waals surface area contributed by atoms with Crippen molar-refractivity contribution in [3.8, 4) is 0 Å². The van der Waals surface area contributed by atoms with Crippen LogP contribution in [0.4, 0.5) is 0 Å². The van der Waals surface area contributed by atoms with Gasteiger partial charge in [0.15, 0.2) is 0 Å². The molecule has 1 aliphatic rings. The maximum atomic E-state index is 12.5. The van der Waals surface area contributed by atoms with Gasteiger partial charge in [0.2, 0.25) is 0 Å². The van der Waals surface area contributed by atoms with Crippen molar-refractivity contribution in [2.24, 2.45) is 17.8 Å². The molecule has 1 aromatic carbocycles. The molecule has 3 unspecified atom stereocenters. The summed E-state index contributed by atoms with van der Waals surface area (Å²) in [4.78, 5) is 12.5. The minimum absolute atomic E-state index is 0.297. The van der Waals surface area contributed by atoms with Crippen molar-refractivity contribution in [2.75, 3.05) is 0 Å². The van der Waals surface area contributed by atoms with Crippen LogP contribution in [0.3, 0.4) is 0 Å². The topological polar surface area (TPSA) is 17.1 Å². The molecule has 104 valence electrons. The lowest BCUT2D eigenvalue weighted by Gasteiger charge is -2.31. The molecule has 0 aliphatic heterocycles. The first-order chi connectivity index (χ1) is 8.97. The van der Waals surface area contributed by atoms with Crippen molar-refractivity contribution >= 4 is 5.78 Å². The van der Waals surface area contributed by atoms with Gasteiger partial charge < -0.3 is 0 Å². The lowest BCUT2D eigenvalue weighted by atomic mass is 9.73. The molecule has 1 heteroatoms. The number of aryl methyl sites for hydroxylation is 2. The van der Waals surface area contributed by atoms with Gasteiger partial charge in [-0.3, -0.25) is 4.79 Å². The van der Waals surface area contributed by atoms with E-state index >= 15 is 0 Å². The lowest BCUT2D eigenvalue weighted by molar-refractivity contribution is -0.124. The molecule has 0 saturated heterocycles. The summed E-state index contributed by atoms with van der Waals surface area (Å²) in [5.41, 5.74) is 3.71. The smallest absolute Gasteiger partial charge is 0.140 e. The van der Waals surface area contributed by atoms with Gasteiger partial charge in [0.05, 0.1) is 0 Å². The summed E-state index contributed by atoms with van der Waals surface area (Å²) in [5, 5.41) is 0. The third kappa shape index (κ3) is 3.46. The second-order valence-corrected chi connectivity index (χ2v) is 6.54. The second-order valence-electron chi connectivity index (χ2n) is 6.54. The molecule has 0 heterocycles. The van der Waals surface area contributed by atoms with E-state index in [4.69, 9.17) is 0 Å². The molecule has 1 nitrogen and oxygen atoms in total. The number of rotatable bonds is 3. The van der Waals surface area contributed by atoms with Crippen LogP contribution in [0.1, 0.15) is 49.8 Å². The Kier molecular flexibility index (Phi) is 4.44. The van der Waals surface area contributed by atoms with E-state index in [9.17, 15) is 4.79 Å². The average Bonchev–Trinajstić information content (AvgIpc) is 2.37. The summed E-state index contributed by atoms with van der Waals surface area (Å²) in [6, 6.07) is 6.42. The summed E-state index contributed by atoms with van der Waals surface area (Å²) < 4.78 is 0. The first kappa shape index (κ1) is 14.3. The molecule has 1 saturated carbocycles. The van der Waals surface area contributed by atoms with E-state index in [1.165, 1.54) is 23.1 Å².